The molecule has 2 heterocycles. The minimum atomic E-state index is -1.35. The molecule has 0 atom stereocenters. The summed E-state index contributed by atoms with van der Waals surface area (Å²) in [6.07, 6.45) is 4.26. The number of carboxylic acids is 2. The van der Waals surface area contributed by atoms with Gasteiger partial charge >= 0.3 is 11.9 Å². The van der Waals surface area contributed by atoms with Gasteiger partial charge in [-0.2, -0.15) is 4.57 Å². The zero-order valence-corrected chi connectivity index (χ0v) is 32.9. The van der Waals surface area contributed by atoms with Crippen molar-refractivity contribution in [3.63, 3.8) is 0 Å². The molecule has 8 rings (SSSR count). The minimum Gasteiger partial charge on any atom is -0.872 e. The molecule has 0 aliphatic rings. The van der Waals surface area contributed by atoms with Crippen LogP contribution >= 0.6 is 0 Å². The highest BCUT2D eigenvalue weighted by molar-refractivity contribution is 6.02. The van der Waals surface area contributed by atoms with E-state index in [1.54, 1.807) is 48.5 Å². The van der Waals surface area contributed by atoms with E-state index in [2.05, 4.69) is 128 Å². The van der Waals surface area contributed by atoms with E-state index in [0.29, 0.717) is 21.5 Å². The van der Waals surface area contributed by atoms with Gasteiger partial charge in [-0.1, -0.05) is 78.2 Å². The lowest BCUT2D eigenvalue weighted by molar-refractivity contribution is -0.646. The Bertz CT molecular complexity index is 2810. The number of aryl methyl sites for hydroxylation is 2. The van der Waals surface area contributed by atoms with Crippen molar-refractivity contribution in [1.82, 2.24) is 4.57 Å². The zero-order chi connectivity index (χ0) is 41.2. The number of rotatable bonds is 8. The van der Waals surface area contributed by atoms with Gasteiger partial charge in [0, 0.05) is 60.5 Å². The summed E-state index contributed by atoms with van der Waals surface area (Å²) in [5.74, 6) is -4.07. The first kappa shape index (κ1) is 38.9. The van der Waals surface area contributed by atoms with Crippen molar-refractivity contribution in [3.8, 4) is 17.2 Å². The van der Waals surface area contributed by atoms with E-state index < -0.39 is 23.4 Å². The Balaban J connectivity index is 0.000000177. The molecule has 9 nitrogen and oxygen atoms in total. The molecule has 8 aromatic rings. The minimum absolute atomic E-state index is 0.158. The average Bonchev–Trinajstić information content (AvgIpc) is 3.50. The fourth-order valence-electron chi connectivity index (χ4n) is 7.61. The predicted molar refractivity (Wildman–Crippen MR) is 227 cm³/mol. The average molecular weight is 769 g/mol. The van der Waals surface area contributed by atoms with Crippen LogP contribution in [0.5, 0.6) is 11.5 Å². The molecule has 0 unspecified atom stereocenters. The lowest BCUT2D eigenvalue weighted by Gasteiger charge is -2.24. The van der Waals surface area contributed by atoms with Gasteiger partial charge in [0.05, 0.1) is 11.1 Å². The first-order valence-corrected chi connectivity index (χ1v) is 18.8. The third-order valence-electron chi connectivity index (χ3n) is 10.7. The Morgan fingerprint density at radius 1 is 0.672 bits per heavy atom. The molecule has 0 amide bonds. The second-order valence-electron chi connectivity index (χ2n) is 14.5. The molecule has 290 valence electrons. The Labute approximate surface area is 336 Å². The molecule has 58 heavy (non-hydrogen) atoms. The molecule has 0 saturated heterocycles. The number of pyridine rings is 1. The van der Waals surface area contributed by atoms with Crippen LogP contribution in [0.15, 0.2) is 127 Å². The van der Waals surface area contributed by atoms with Crippen molar-refractivity contribution in [3.05, 3.63) is 172 Å². The zero-order valence-electron chi connectivity index (χ0n) is 32.9. The molecule has 0 aliphatic carbocycles. The van der Waals surface area contributed by atoms with Crippen LogP contribution < -0.4 is 19.7 Å². The first-order chi connectivity index (χ1) is 27.8. The lowest BCUT2D eigenvalue weighted by Crippen LogP contribution is -2.32. The Kier molecular flexibility index (Phi) is 10.7. The fraction of sp³-hybridized carbons (Fsp3) is 0.122. The maximum absolute atomic E-state index is 12.9. The quantitative estimate of drug-likeness (QED) is 0.148. The van der Waals surface area contributed by atoms with Crippen LogP contribution in [-0.4, -0.2) is 40.8 Å². The predicted octanol–water partition coefficient (Wildman–Crippen LogP) is 8.44. The van der Waals surface area contributed by atoms with E-state index in [4.69, 9.17) is 0 Å². The number of hydrogen-bond acceptors (Lipinski definition) is 5. The number of carboxylic acid groups (broad SMARTS) is 2. The summed E-state index contributed by atoms with van der Waals surface area (Å²) in [5.41, 5.74) is 8.12. The Hall–Kier alpha value is -7.39. The summed E-state index contributed by atoms with van der Waals surface area (Å²) in [6, 6.07) is 40.0. The standard InChI is InChI=1S/C26H28N3.C23H16O6/c1-19-17-21(20(2)29(19)24-9-7-6-8-10-24)11-13-23-14-12-22-18-25(27(3)4)15-16-26(22)28(23)5;24-20-16(14-7-3-1-5-12(14)9-18(20)22(26)27)11-17-15-8-4-2-6-13(15)10-19(21(17)25)23(28)29/h6-18H,1-5H3;1-10,24-25H,11H2,(H,26,27)(H,28,29)/q+1;/p-2. The molecule has 6 aromatic carbocycles. The third kappa shape index (κ3) is 7.45. The third-order valence-corrected chi connectivity index (χ3v) is 10.7. The topological polar surface area (TPSA) is 133 Å². The van der Waals surface area contributed by atoms with E-state index in [0.717, 1.165) is 0 Å². The molecule has 2 N–H and O–H groups in total. The van der Waals surface area contributed by atoms with Gasteiger partial charge in [0.1, 0.15) is 7.05 Å². The van der Waals surface area contributed by atoms with Crippen molar-refractivity contribution >= 4 is 62.2 Å². The smallest absolute Gasteiger partial charge is 0.335 e. The molecule has 0 aliphatic heterocycles. The van der Waals surface area contributed by atoms with E-state index in [-0.39, 0.29) is 28.7 Å². The van der Waals surface area contributed by atoms with Gasteiger partial charge in [-0.3, -0.25) is 0 Å². The number of anilines is 1. The SMILES string of the molecule is Cc1cc(/C=C\c2ccc3cc(N(C)C)ccc3[n+]2C)c(C)n1-c1ccccc1.O=C(O)c1cc2ccccc2c(Cc2c([O-])c(C(=O)O)cc3ccccc23)c1[O-]. The summed E-state index contributed by atoms with van der Waals surface area (Å²) in [4.78, 5) is 25.2. The van der Waals surface area contributed by atoms with Crippen LogP contribution in [0, 0.1) is 13.8 Å². The van der Waals surface area contributed by atoms with Crippen LogP contribution in [0.1, 0.15) is 54.5 Å². The van der Waals surface area contributed by atoms with E-state index >= 15 is 0 Å². The van der Waals surface area contributed by atoms with Crippen molar-refractivity contribution in [2.24, 2.45) is 7.05 Å². The van der Waals surface area contributed by atoms with Crippen LogP contribution in [0.25, 0.3) is 50.3 Å². The number of nitrogens with zero attached hydrogens (tertiary/aromatic N) is 3. The molecular formula is C49H42N3O6-. The lowest BCUT2D eigenvalue weighted by atomic mass is 9.90. The van der Waals surface area contributed by atoms with Crippen molar-refractivity contribution in [1.29, 1.82) is 0 Å². The molecule has 0 saturated carbocycles. The number of carbonyl (C=O) groups is 2. The molecular weight excluding hydrogens is 727 g/mol. The number of para-hydroxylation sites is 1. The number of benzene rings is 6. The molecule has 0 spiro atoms. The molecule has 0 radical (unpaired) electrons. The van der Waals surface area contributed by atoms with Gasteiger partial charge in [0.25, 0.3) is 0 Å². The molecule has 2 aromatic heterocycles. The summed E-state index contributed by atoms with van der Waals surface area (Å²) >= 11 is 0. The number of hydrogen-bond donors (Lipinski definition) is 2. The van der Waals surface area contributed by atoms with E-state index in [1.807, 2.05) is 0 Å². The maximum atomic E-state index is 12.9. The van der Waals surface area contributed by atoms with Crippen molar-refractivity contribution in [2.45, 2.75) is 20.3 Å². The fourth-order valence-corrected chi connectivity index (χ4v) is 7.61. The van der Waals surface area contributed by atoms with Crippen LogP contribution in [0.4, 0.5) is 5.69 Å². The number of aromatic carboxylic acids is 2. The van der Waals surface area contributed by atoms with Gasteiger partial charge in [0.2, 0.25) is 11.2 Å². The van der Waals surface area contributed by atoms with Gasteiger partial charge in [-0.05, 0) is 113 Å². The van der Waals surface area contributed by atoms with Gasteiger partial charge in [0.15, 0.2) is 0 Å². The van der Waals surface area contributed by atoms with Gasteiger partial charge in [-0.25, -0.2) is 9.59 Å². The van der Waals surface area contributed by atoms with Crippen molar-refractivity contribution in [2.75, 3.05) is 19.0 Å². The Morgan fingerprint density at radius 3 is 1.78 bits per heavy atom. The molecule has 0 fully saturated rings. The summed E-state index contributed by atoms with van der Waals surface area (Å²) in [5, 5.41) is 48.1. The van der Waals surface area contributed by atoms with Crippen LogP contribution in [0.2, 0.25) is 0 Å². The summed E-state index contributed by atoms with van der Waals surface area (Å²) < 4.78 is 4.56. The van der Waals surface area contributed by atoms with E-state index in [9.17, 15) is 30.0 Å². The monoisotopic (exact) mass is 768 g/mol. The highest BCUT2D eigenvalue weighted by Gasteiger charge is 2.17. The summed E-state index contributed by atoms with van der Waals surface area (Å²) in [7, 11) is 6.28. The molecule has 9 heteroatoms. The van der Waals surface area contributed by atoms with Gasteiger partial charge in [-0.15, -0.1) is 0 Å². The highest BCUT2D eigenvalue weighted by atomic mass is 16.4. The van der Waals surface area contributed by atoms with Gasteiger partial charge < -0.3 is 29.9 Å². The normalized spacial score (nSPS) is 11.3. The highest BCUT2D eigenvalue weighted by Crippen LogP contribution is 2.37. The largest absolute Gasteiger partial charge is 0.872 e. The number of aromatic nitrogens is 2. The number of fused-ring (bicyclic) bond motifs is 3. The van der Waals surface area contributed by atoms with Crippen LogP contribution in [-0.2, 0) is 13.5 Å². The second kappa shape index (κ2) is 16.0. The van der Waals surface area contributed by atoms with E-state index in [1.165, 1.54) is 57.1 Å². The second-order valence-corrected chi connectivity index (χ2v) is 14.5. The summed E-state index contributed by atoms with van der Waals surface area (Å²) in [6.45, 7) is 4.35. The Morgan fingerprint density at radius 2 is 1.22 bits per heavy atom. The maximum Gasteiger partial charge on any atom is 0.335 e. The van der Waals surface area contributed by atoms with Crippen LogP contribution in [0.3, 0.4) is 0 Å². The van der Waals surface area contributed by atoms with Crippen molar-refractivity contribution < 1.29 is 34.6 Å². The first-order valence-electron chi connectivity index (χ1n) is 18.8. The molecule has 0 bridgehead atoms.